The summed E-state index contributed by atoms with van der Waals surface area (Å²) in [5, 5.41) is 14.3. The molecule has 0 atom stereocenters. The normalized spacial score (nSPS) is 15.2. The average Bonchev–Trinajstić information content (AvgIpc) is 3.51. The van der Waals surface area contributed by atoms with Gasteiger partial charge in [-0.15, -0.1) is 0 Å². The van der Waals surface area contributed by atoms with E-state index in [-0.39, 0.29) is 0 Å². The molecule has 0 bridgehead atoms. The van der Waals surface area contributed by atoms with Crippen molar-refractivity contribution in [3.8, 4) is 6.07 Å². The molecular formula is C27H28N6O. The Morgan fingerprint density at radius 1 is 1.18 bits per heavy atom. The quantitative estimate of drug-likeness (QED) is 0.428. The predicted octanol–water partition coefficient (Wildman–Crippen LogP) is 5.00. The van der Waals surface area contributed by atoms with E-state index in [0.717, 1.165) is 77.5 Å². The van der Waals surface area contributed by atoms with Crippen LogP contribution in [0.1, 0.15) is 28.0 Å². The number of nitriles is 1. The molecule has 0 unspecified atom stereocenters. The van der Waals surface area contributed by atoms with Crippen molar-refractivity contribution in [2.75, 3.05) is 38.5 Å². The number of aryl methyl sites for hydroxylation is 1. The van der Waals surface area contributed by atoms with Crippen molar-refractivity contribution >= 4 is 34.4 Å². The highest BCUT2D eigenvalue weighted by atomic mass is 16.3. The first-order chi connectivity index (χ1) is 16.6. The Bertz CT molecular complexity index is 1370. The number of benzene rings is 1. The molecule has 2 N–H and O–H groups in total. The number of fused-ring (bicyclic) bond motifs is 1. The van der Waals surface area contributed by atoms with Crippen molar-refractivity contribution in [1.29, 1.82) is 5.26 Å². The molecule has 0 saturated carbocycles. The fourth-order valence-corrected chi connectivity index (χ4v) is 4.36. The van der Waals surface area contributed by atoms with Crippen molar-refractivity contribution in [2.24, 2.45) is 0 Å². The van der Waals surface area contributed by atoms with Crippen LogP contribution in [0.5, 0.6) is 0 Å². The molecule has 3 aromatic heterocycles. The van der Waals surface area contributed by atoms with Crippen molar-refractivity contribution in [3.05, 3.63) is 77.1 Å². The molecule has 1 aromatic carbocycles. The Balaban J connectivity index is 1.37. The van der Waals surface area contributed by atoms with Gasteiger partial charge in [-0.25, -0.2) is 0 Å². The maximum Gasteiger partial charge on any atom is 0.118 e. The molecule has 5 rings (SSSR count). The number of H-pyrrole nitrogens is 1. The van der Waals surface area contributed by atoms with Gasteiger partial charge in [-0.1, -0.05) is 12.2 Å². The molecule has 172 valence electrons. The molecular weight excluding hydrogens is 424 g/mol. The van der Waals surface area contributed by atoms with Gasteiger partial charge in [0, 0.05) is 72.5 Å². The summed E-state index contributed by atoms with van der Waals surface area (Å²) in [6, 6.07) is 10.5. The van der Waals surface area contributed by atoms with E-state index in [2.05, 4.69) is 57.3 Å². The lowest BCUT2D eigenvalue weighted by Gasteiger charge is -2.31. The molecule has 0 radical (unpaired) electrons. The molecule has 1 saturated heterocycles. The minimum absolute atomic E-state index is 0.499. The van der Waals surface area contributed by atoms with Gasteiger partial charge in [-0.2, -0.15) is 5.26 Å². The summed E-state index contributed by atoms with van der Waals surface area (Å²) in [5.41, 5.74) is 6.24. The summed E-state index contributed by atoms with van der Waals surface area (Å²) in [6.07, 6.45) is 11.1. The lowest BCUT2D eigenvalue weighted by atomic mass is 10.1. The lowest BCUT2D eigenvalue weighted by Crippen LogP contribution is -2.43. The first kappa shape index (κ1) is 22.0. The maximum atomic E-state index is 9.71. The van der Waals surface area contributed by atoms with Gasteiger partial charge in [0.2, 0.25) is 0 Å². The Morgan fingerprint density at radius 3 is 2.85 bits per heavy atom. The highest BCUT2D eigenvalue weighted by Crippen LogP contribution is 2.31. The number of furan rings is 1. The summed E-state index contributed by atoms with van der Waals surface area (Å²) in [7, 11) is 2.16. The fourth-order valence-electron chi connectivity index (χ4n) is 4.36. The van der Waals surface area contributed by atoms with E-state index in [9.17, 15) is 5.26 Å². The van der Waals surface area contributed by atoms with Crippen LogP contribution in [0.4, 0.5) is 11.4 Å². The second kappa shape index (κ2) is 9.56. The van der Waals surface area contributed by atoms with Gasteiger partial charge in [-0.3, -0.25) is 9.88 Å². The van der Waals surface area contributed by atoms with E-state index < -0.39 is 0 Å². The number of nitrogens with one attached hydrogen (secondary N) is 2. The average molecular weight is 453 g/mol. The second-order valence-corrected chi connectivity index (χ2v) is 8.82. The van der Waals surface area contributed by atoms with Crippen molar-refractivity contribution in [1.82, 2.24) is 19.8 Å². The summed E-state index contributed by atoms with van der Waals surface area (Å²) in [4.78, 5) is 12.3. The number of likely N-dealkylation sites (N-methyl/N-ethyl adjacent to an activating group) is 1. The molecule has 1 fully saturated rings. The largest absolute Gasteiger partial charge is 0.467 e. The third kappa shape index (κ3) is 4.60. The number of aromatic amines is 1. The number of anilines is 2. The van der Waals surface area contributed by atoms with Crippen molar-refractivity contribution in [3.63, 3.8) is 0 Å². The minimum Gasteiger partial charge on any atom is -0.467 e. The highest BCUT2D eigenvalue weighted by molar-refractivity contribution is 5.90. The Labute approximate surface area is 199 Å². The molecule has 0 amide bonds. The van der Waals surface area contributed by atoms with Gasteiger partial charge in [0.15, 0.2) is 0 Å². The predicted molar refractivity (Wildman–Crippen MR) is 136 cm³/mol. The fraction of sp³-hybridized carbons (Fsp3) is 0.259. The molecule has 1 aliphatic heterocycles. The number of nitrogens with zero attached hydrogens (tertiary/aromatic N) is 4. The Morgan fingerprint density at radius 2 is 2.03 bits per heavy atom. The van der Waals surface area contributed by atoms with E-state index in [1.807, 2.05) is 30.5 Å². The highest BCUT2D eigenvalue weighted by Gasteiger charge is 2.15. The standard InChI is InChI=1S/C27H28N6O/c1-19-24-7-8-30-26(24)6-5-25(19)31-27-21(15-29-16-22(27)14-28)4-3-20-13-23(34-18-20)17-33-11-9-32(2)10-12-33/h3-8,13,15-16,18,30H,9-12,17H2,1-2H3,(H,29,31)/b4-3+. The van der Waals surface area contributed by atoms with Crippen LogP contribution in [0.25, 0.3) is 23.1 Å². The molecule has 4 heterocycles. The summed E-state index contributed by atoms with van der Waals surface area (Å²) in [6.45, 7) is 7.18. The summed E-state index contributed by atoms with van der Waals surface area (Å²) < 4.78 is 5.81. The van der Waals surface area contributed by atoms with E-state index in [1.165, 1.54) is 0 Å². The van der Waals surface area contributed by atoms with Gasteiger partial charge in [-0.05, 0) is 43.8 Å². The van der Waals surface area contributed by atoms with Gasteiger partial charge in [0.05, 0.1) is 24.1 Å². The van der Waals surface area contributed by atoms with Crippen LogP contribution in [0.3, 0.4) is 0 Å². The van der Waals surface area contributed by atoms with Crippen LogP contribution in [0, 0.1) is 18.3 Å². The van der Waals surface area contributed by atoms with Crippen LogP contribution in [-0.2, 0) is 6.54 Å². The Hall–Kier alpha value is -3.86. The first-order valence-electron chi connectivity index (χ1n) is 11.5. The number of aromatic nitrogens is 2. The molecule has 34 heavy (non-hydrogen) atoms. The third-order valence-corrected chi connectivity index (χ3v) is 6.46. The monoisotopic (exact) mass is 452 g/mol. The van der Waals surface area contributed by atoms with Crippen LogP contribution >= 0.6 is 0 Å². The zero-order chi connectivity index (χ0) is 23.5. The summed E-state index contributed by atoms with van der Waals surface area (Å²) in [5.74, 6) is 0.960. The van der Waals surface area contributed by atoms with E-state index in [1.54, 1.807) is 18.7 Å². The number of rotatable bonds is 6. The van der Waals surface area contributed by atoms with Crippen molar-refractivity contribution < 1.29 is 4.42 Å². The van der Waals surface area contributed by atoms with Crippen LogP contribution in [-0.4, -0.2) is 53.0 Å². The van der Waals surface area contributed by atoms with Crippen LogP contribution in [0.15, 0.2) is 53.5 Å². The van der Waals surface area contributed by atoms with E-state index in [4.69, 9.17) is 4.42 Å². The molecule has 0 aliphatic carbocycles. The van der Waals surface area contributed by atoms with Gasteiger partial charge >= 0.3 is 0 Å². The molecule has 7 heteroatoms. The molecule has 4 aromatic rings. The SMILES string of the molecule is Cc1c(Nc2c(C#N)cncc2/C=C/c2coc(CN3CCN(C)CC3)c2)ccc2[nH]ccc12. The minimum atomic E-state index is 0.499. The lowest BCUT2D eigenvalue weighted by molar-refractivity contribution is 0.140. The van der Waals surface area contributed by atoms with Gasteiger partial charge in [0.25, 0.3) is 0 Å². The van der Waals surface area contributed by atoms with E-state index in [0.29, 0.717) is 5.56 Å². The third-order valence-electron chi connectivity index (χ3n) is 6.46. The second-order valence-electron chi connectivity index (χ2n) is 8.82. The smallest absolute Gasteiger partial charge is 0.118 e. The van der Waals surface area contributed by atoms with Crippen LogP contribution < -0.4 is 5.32 Å². The molecule has 7 nitrogen and oxygen atoms in total. The maximum absolute atomic E-state index is 9.71. The van der Waals surface area contributed by atoms with Gasteiger partial charge in [0.1, 0.15) is 11.8 Å². The molecule has 0 spiro atoms. The van der Waals surface area contributed by atoms with Crippen molar-refractivity contribution in [2.45, 2.75) is 13.5 Å². The zero-order valence-electron chi connectivity index (χ0n) is 19.5. The number of pyridine rings is 1. The zero-order valence-corrected chi connectivity index (χ0v) is 19.5. The molecule has 1 aliphatic rings. The van der Waals surface area contributed by atoms with Gasteiger partial charge < -0.3 is 19.6 Å². The number of hydrogen-bond donors (Lipinski definition) is 2. The first-order valence-corrected chi connectivity index (χ1v) is 11.5. The van der Waals surface area contributed by atoms with Crippen LogP contribution in [0.2, 0.25) is 0 Å². The Kier molecular flexibility index (Phi) is 6.17. The topological polar surface area (TPSA) is 84.1 Å². The van der Waals surface area contributed by atoms with E-state index >= 15 is 0 Å². The summed E-state index contributed by atoms with van der Waals surface area (Å²) >= 11 is 0. The number of piperazine rings is 1. The number of hydrogen-bond acceptors (Lipinski definition) is 6.